The number of hydrogen-bond donors (Lipinski definition) is 1. The minimum absolute atomic E-state index is 0.333. The number of carbonyl (C=O) groups excluding carboxylic acids is 1. The first-order valence-corrected chi connectivity index (χ1v) is 4.06. The van der Waals surface area contributed by atoms with Crippen molar-refractivity contribution in [3.05, 3.63) is 42.0 Å². The summed E-state index contributed by atoms with van der Waals surface area (Å²) in [5.74, 6) is -0.333. The summed E-state index contributed by atoms with van der Waals surface area (Å²) < 4.78 is 12.9. The van der Waals surface area contributed by atoms with Crippen molar-refractivity contribution in [1.29, 1.82) is 0 Å². The maximum Gasteiger partial charge on any atom is 0.168 e. The molecule has 0 aliphatic heterocycles. The standard InChI is InChI=1S/C10H7FN2O/c11-8-3-1-2-7(4-8)9-5-12-13-10(9)6-14/h1-6H,(H,12,13). The molecule has 1 aromatic carbocycles. The van der Waals surface area contributed by atoms with Crippen LogP contribution >= 0.6 is 0 Å². The molecule has 4 heteroatoms. The van der Waals surface area contributed by atoms with Crippen molar-refractivity contribution in [2.24, 2.45) is 0 Å². The summed E-state index contributed by atoms with van der Waals surface area (Å²) in [6.45, 7) is 0. The monoisotopic (exact) mass is 190 g/mol. The summed E-state index contributed by atoms with van der Waals surface area (Å²) in [7, 11) is 0. The number of rotatable bonds is 2. The molecule has 2 aromatic rings. The Morgan fingerprint density at radius 3 is 3.00 bits per heavy atom. The molecule has 0 amide bonds. The number of nitrogens with one attached hydrogen (secondary N) is 1. The number of H-pyrrole nitrogens is 1. The van der Waals surface area contributed by atoms with Crippen LogP contribution in [0.2, 0.25) is 0 Å². The highest BCUT2D eigenvalue weighted by Crippen LogP contribution is 2.21. The maximum atomic E-state index is 12.9. The number of aldehydes is 1. The van der Waals surface area contributed by atoms with E-state index in [1.165, 1.54) is 18.3 Å². The second-order valence-electron chi connectivity index (χ2n) is 2.83. The Kier molecular flexibility index (Phi) is 2.10. The number of halogens is 1. The minimum atomic E-state index is -0.333. The van der Waals surface area contributed by atoms with Crippen molar-refractivity contribution in [2.45, 2.75) is 0 Å². The number of nitrogens with zero attached hydrogens (tertiary/aromatic N) is 1. The van der Waals surface area contributed by atoms with Gasteiger partial charge in [0.25, 0.3) is 0 Å². The predicted molar refractivity (Wildman–Crippen MR) is 49.4 cm³/mol. The molecule has 0 unspecified atom stereocenters. The van der Waals surface area contributed by atoms with Crippen molar-refractivity contribution >= 4 is 6.29 Å². The van der Waals surface area contributed by atoms with Gasteiger partial charge in [-0.25, -0.2) is 4.39 Å². The van der Waals surface area contributed by atoms with E-state index in [-0.39, 0.29) is 5.82 Å². The van der Waals surface area contributed by atoms with E-state index < -0.39 is 0 Å². The number of carbonyl (C=O) groups is 1. The van der Waals surface area contributed by atoms with E-state index in [0.717, 1.165) is 0 Å². The Bertz CT molecular complexity index is 465. The maximum absolute atomic E-state index is 12.9. The summed E-state index contributed by atoms with van der Waals surface area (Å²) >= 11 is 0. The highest BCUT2D eigenvalue weighted by Gasteiger charge is 2.06. The zero-order chi connectivity index (χ0) is 9.97. The Morgan fingerprint density at radius 2 is 2.29 bits per heavy atom. The molecule has 0 fully saturated rings. The topological polar surface area (TPSA) is 45.8 Å². The fourth-order valence-electron chi connectivity index (χ4n) is 1.27. The number of aromatic nitrogens is 2. The zero-order valence-electron chi connectivity index (χ0n) is 7.20. The third-order valence-electron chi connectivity index (χ3n) is 1.92. The Labute approximate surface area is 79.6 Å². The molecule has 0 spiro atoms. The summed E-state index contributed by atoms with van der Waals surface area (Å²) in [6.07, 6.45) is 2.16. The highest BCUT2D eigenvalue weighted by atomic mass is 19.1. The lowest BCUT2D eigenvalue weighted by Crippen LogP contribution is -1.85. The van der Waals surface area contributed by atoms with Crippen LogP contribution < -0.4 is 0 Å². The van der Waals surface area contributed by atoms with Crippen molar-refractivity contribution in [1.82, 2.24) is 10.2 Å². The Morgan fingerprint density at radius 1 is 1.43 bits per heavy atom. The van der Waals surface area contributed by atoms with E-state index in [0.29, 0.717) is 23.1 Å². The van der Waals surface area contributed by atoms with Crippen LogP contribution in [0.25, 0.3) is 11.1 Å². The predicted octanol–water partition coefficient (Wildman–Crippen LogP) is 2.03. The molecule has 0 atom stereocenters. The van der Waals surface area contributed by atoms with E-state index in [4.69, 9.17) is 0 Å². The van der Waals surface area contributed by atoms with Crippen LogP contribution in [0, 0.1) is 5.82 Å². The molecule has 14 heavy (non-hydrogen) atoms. The quantitative estimate of drug-likeness (QED) is 0.736. The molecule has 1 heterocycles. The number of benzene rings is 1. The average molecular weight is 190 g/mol. The van der Waals surface area contributed by atoms with Crippen LogP contribution in [-0.2, 0) is 0 Å². The van der Waals surface area contributed by atoms with Crippen LogP contribution in [0.1, 0.15) is 10.5 Å². The van der Waals surface area contributed by atoms with Crippen molar-refractivity contribution < 1.29 is 9.18 Å². The number of hydrogen-bond acceptors (Lipinski definition) is 2. The van der Waals surface area contributed by atoms with E-state index >= 15 is 0 Å². The van der Waals surface area contributed by atoms with Gasteiger partial charge in [-0.2, -0.15) is 5.10 Å². The van der Waals surface area contributed by atoms with Gasteiger partial charge in [-0.1, -0.05) is 12.1 Å². The van der Waals surface area contributed by atoms with Gasteiger partial charge in [0.1, 0.15) is 11.5 Å². The molecule has 3 nitrogen and oxygen atoms in total. The minimum Gasteiger partial charge on any atom is -0.296 e. The normalized spacial score (nSPS) is 10.1. The van der Waals surface area contributed by atoms with Gasteiger partial charge in [-0.05, 0) is 17.7 Å². The van der Waals surface area contributed by atoms with Gasteiger partial charge in [0, 0.05) is 5.56 Å². The van der Waals surface area contributed by atoms with Crippen molar-refractivity contribution in [3.8, 4) is 11.1 Å². The van der Waals surface area contributed by atoms with Gasteiger partial charge < -0.3 is 0 Å². The van der Waals surface area contributed by atoms with Crippen LogP contribution in [0.5, 0.6) is 0 Å². The third kappa shape index (κ3) is 1.42. The van der Waals surface area contributed by atoms with Crippen LogP contribution in [0.15, 0.2) is 30.5 Å². The molecule has 0 radical (unpaired) electrons. The molecule has 70 valence electrons. The molecule has 0 saturated carbocycles. The molecule has 0 saturated heterocycles. The SMILES string of the molecule is O=Cc1[nH]ncc1-c1cccc(F)c1. The summed E-state index contributed by atoms with van der Waals surface area (Å²) in [4.78, 5) is 10.6. The van der Waals surface area contributed by atoms with E-state index in [1.54, 1.807) is 12.1 Å². The van der Waals surface area contributed by atoms with Crippen molar-refractivity contribution in [3.63, 3.8) is 0 Å². The molecular weight excluding hydrogens is 183 g/mol. The first-order valence-electron chi connectivity index (χ1n) is 4.06. The van der Waals surface area contributed by atoms with Gasteiger partial charge in [0.05, 0.1) is 6.20 Å². The van der Waals surface area contributed by atoms with Gasteiger partial charge in [-0.15, -0.1) is 0 Å². The van der Waals surface area contributed by atoms with Crippen LogP contribution in [0.4, 0.5) is 4.39 Å². The molecular formula is C10H7FN2O. The smallest absolute Gasteiger partial charge is 0.168 e. The van der Waals surface area contributed by atoms with Gasteiger partial charge >= 0.3 is 0 Å². The van der Waals surface area contributed by atoms with Crippen LogP contribution in [0.3, 0.4) is 0 Å². The average Bonchev–Trinajstić information content (AvgIpc) is 2.65. The molecule has 0 aliphatic carbocycles. The van der Waals surface area contributed by atoms with E-state index in [9.17, 15) is 9.18 Å². The van der Waals surface area contributed by atoms with Gasteiger partial charge in [0.2, 0.25) is 0 Å². The van der Waals surface area contributed by atoms with E-state index in [1.807, 2.05) is 0 Å². The van der Waals surface area contributed by atoms with E-state index in [2.05, 4.69) is 10.2 Å². The molecule has 2 rings (SSSR count). The van der Waals surface area contributed by atoms with Gasteiger partial charge in [0.15, 0.2) is 6.29 Å². The zero-order valence-corrected chi connectivity index (χ0v) is 7.20. The summed E-state index contributed by atoms with van der Waals surface area (Å²) in [5, 5.41) is 6.25. The number of aromatic amines is 1. The second kappa shape index (κ2) is 3.41. The highest BCUT2D eigenvalue weighted by molar-refractivity contribution is 5.84. The Balaban J connectivity index is 2.54. The first kappa shape index (κ1) is 8.62. The lowest BCUT2D eigenvalue weighted by atomic mass is 10.1. The third-order valence-corrected chi connectivity index (χ3v) is 1.92. The summed E-state index contributed by atoms with van der Waals surface area (Å²) in [6, 6.07) is 6.02. The fraction of sp³-hybridized carbons (Fsp3) is 0. The van der Waals surface area contributed by atoms with Crippen molar-refractivity contribution in [2.75, 3.05) is 0 Å². The molecule has 1 aromatic heterocycles. The summed E-state index contributed by atoms with van der Waals surface area (Å²) in [5.41, 5.74) is 1.61. The van der Waals surface area contributed by atoms with Gasteiger partial charge in [-0.3, -0.25) is 9.89 Å². The lowest BCUT2D eigenvalue weighted by Gasteiger charge is -1.97. The molecule has 0 aliphatic rings. The van der Waals surface area contributed by atoms with Crippen LogP contribution in [-0.4, -0.2) is 16.5 Å². The second-order valence-corrected chi connectivity index (χ2v) is 2.83. The Hall–Kier alpha value is -1.97. The molecule has 0 bridgehead atoms. The largest absolute Gasteiger partial charge is 0.296 e. The lowest BCUT2D eigenvalue weighted by molar-refractivity contribution is 0.111. The molecule has 1 N–H and O–H groups in total. The first-order chi connectivity index (χ1) is 6.81. The fourth-order valence-corrected chi connectivity index (χ4v) is 1.27.